The molecule has 1 aromatic carbocycles. The summed E-state index contributed by atoms with van der Waals surface area (Å²) in [6.45, 7) is 2.89. The topological polar surface area (TPSA) is 29.5 Å². The van der Waals surface area contributed by atoms with Gasteiger partial charge in [0.25, 0.3) is 0 Å². The molecule has 0 aliphatic heterocycles. The number of hydrogen-bond donors (Lipinski definition) is 1. The Balaban J connectivity index is 1.99. The van der Waals surface area contributed by atoms with E-state index in [2.05, 4.69) is 13.0 Å². The van der Waals surface area contributed by atoms with Crippen LogP contribution in [0.25, 0.3) is 0 Å². The molecule has 0 heterocycles. The van der Waals surface area contributed by atoms with Crippen LogP contribution in [0, 0.1) is 11.8 Å². The van der Waals surface area contributed by atoms with E-state index in [0.29, 0.717) is 12.5 Å². The van der Waals surface area contributed by atoms with Crippen LogP contribution in [0.15, 0.2) is 24.3 Å². The van der Waals surface area contributed by atoms with Crippen molar-refractivity contribution in [1.82, 2.24) is 0 Å². The van der Waals surface area contributed by atoms with Crippen LogP contribution in [-0.2, 0) is 11.3 Å². The van der Waals surface area contributed by atoms with Crippen molar-refractivity contribution in [1.29, 1.82) is 0 Å². The molecule has 0 spiro atoms. The zero-order valence-electron chi connectivity index (χ0n) is 12.1. The van der Waals surface area contributed by atoms with Gasteiger partial charge in [-0.1, -0.05) is 50.5 Å². The van der Waals surface area contributed by atoms with E-state index in [1.165, 1.54) is 19.3 Å². The highest BCUT2D eigenvalue weighted by molar-refractivity contribution is 5.25. The van der Waals surface area contributed by atoms with E-state index < -0.39 is 0 Å². The Kier molecular flexibility index (Phi) is 5.41. The molecular weight excluding hydrogens is 236 g/mol. The molecule has 2 nitrogen and oxygen atoms in total. The predicted molar refractivity (Wildman–Crippen MR) is 77.9 cm³/mol. The summed E-state index contributed by atoms with van der Waals surface area (Å²) >= 11 is 0. The molecule has 0 bridgehead atoms. The first-order valence-corrected chi connectivity index (χ1v) is 7.50. The fourth-order valence-electron chi connectivity index (χ4n) is 3.22. The van der Waals surface area contributed by atoms with Gasteiger partial charge in [0.15, 0.2) is 0 Å². The summed E-state index contributed by atoms with van der Waals surface area (Å²) in [7, 11) is 1.70. The number of aliphatic hydroxyl groups excluding tert-OH is 1. The Labute approximate surface area is 116 Å². The van der Waals surface area contributed by atoms with Crippen molar-refractivity contribution in [2.45, 2.75) is 51.7 Å². The largest absolute Gasteiger partial charge is 0.388 e. The molecule has 1 aromatic rings. The van der Waals surface area contributed by atoms with Crippen molar-refractivity contribution >= 4 is 0 Å². The van der Waals surface area contributed by atoms with Gasteiger partial charge in [0.05, 0.1) is 12.7 Å². The number of benzene rings is 1. The predicted octanol–water partition coefficient (Wildman–Crippen LogP) is 4.08. The Morgan fingerprint density at radius 1 is 1.26 bits per heavy atom. The van der Waals surface area contributed by atoms with E-state index >= 15 is 0 Å². The normalized spacial score (nSPS) is 25.2. The minimum Gasteiger partial charge on any atom is -0.388 e. The van der Waals surface area contributed by atoms with Gasteiger partial charge in [0.2, 0.25) is 0 Å². The summed E-state index contributed by atoms with van der Waals surface area (Å²) in [6.07, 6.45) is 5.84. The third-order valence-electron chi connectivity index (χ3n) is 4.52. The minimum atomic E-state index is -0.311. The van der Waals surface area contributed by atoms with Gasteiger partial charge >= 0.3 is 0 Å². The molecule has 0 aromatic heterocycles. The minimum absolute atomic E-state index is 0.311. The van der Waals surface area contributed by atoms with Crippen molar-refractivity contribution in [3.05, 3.63) is 35.4 Å². The number of methoxy groups -OCH3 is 1. The average molecular weight is 262 g/mol. The van der Waals surface area contributed by atoms with Crippen LogP contribution in [0.1, 0.15) is 56.3 Å². The molecule has 106 valence electrons. The third-order valence-corrected chi connectivity index (χ3v) is 4.52. The summed E-state index contributed by atoms with van der Waals surface area (Å²) < 4.78 is 5.16. The third kappa shape index (κ3) is 3.80. The van der Waals surface area contributed by atoms with Gasteiger partial charge in [0, 0.05) is 7.11 Å². The maximum absolute atomic E-state index is 10.6. The fourth-order valence-corrected chi connectivity index (χ4v) is 3.22. The molecule has 1 atom stereocenters. The maximum atomic E-state index is 10.6. The van der Waals surface area contributed by atoms with Gasteiger partial charge in [-0.3, -0.25) is 0 Å². The van der Waals surface area contributed by atoms with Crippen LogP contribution in [0.4, 0.5) is 0 Å². The van der Waals surface area contributed by atoms with Crippen molar-refractivity contribution in [3.63, 3.8) is 0 Å². The lowest BCUT2D eigenvalue weighted by molar-refractivity contribution is 0.0727. The van der Waals surface area contributed by atoms with Crippen LogP contribution in [0.5, 0.6) is 0 Å². The van der Waals surface area contributed by atoms with Gasteiger partial charge in [-0.05, 0) is 35.8 Å². The second kappa shape index (κ2) is 7.06. The fraction of sp³-hybridized carbons (Fsp3) is 0.647. The number of rotatable bonds is 5. The van der Waals surface area contributed by atoms with Gasteiger partial charge in [-0.2, -0.15) is 0 Å². The van der Waals surface area contributed by atoms with E-state index in [1.54, 1.807) is 7.11 Å². The lowest BCUT2D eigenvalue weighted by Gasteiger charge is -2.31. The van der Waals surface area contributed by atoms with E-state index in [1.807, 2.05) is 18.2 Å². The first kappa shape index (κ1) is 14.5. The molecule has 19 heavy (non-hydrogen) atoms. The molecule has 1 fully saturated rings. The highest BCUT2D eigenvalue weighted by Crippen LogP contribution is 2.37. The molecule has 0 saturated heterocycles. The number of hydrogen-bond acceptors (Lipinski definition) is 2. The first-order valence-electron chi connectivity index (χ1n) is 7.50. The van der Waals surface area contributed by atoms with E-state index in [0.717, 1.165) is 29.9 Å². The summed E-state index contributed by atoms with van der Waals surface area (Å²) in [5.74, 6) is 1.31. The van der Waals surface area contributed by atoms with Crippen LogP contribution < -0.4 is 0 Å². The molecule has 2 rings (SSSR count). The Morgan fingerprint density at radius 2 is 2.00 bits per heavy atom. The van der Waals surface area contributed by atoms with Crippen LogP contribution >= 0.6 is 0 Å². The van der Waals surface area contributed by atoms with E-state index in [-0.39, 0.29) is 6.10 Å². The number of ether oxygens (including phenoxy) is 1. The average Bonchev–Trinajstić information content (AvgIpc) is 2.47. The van der Waals surface area contributed by atoms with E-state index in [4.69, 9.17) is 4.74 Å². The van der Waals surface area contributed by atoms with Gasteiger partial charge in [0.1, 0.15) is 0 Å². The summed E-state index contributed by atoms with van der Waals surface area (Å²) in [5, 5.41) is 10.6. The molecule has 1 N–H and O–H groups in total. The SMILES string of the molecule is CCC1CCC(C(O)c2cccc(COC)c2)CC1. The highest BCUT2D eigenvalue weighted by Gasteiger charge is 2.26. The highest BCUT2D eigenvalue weighted by atomic mass is 16.5. The Hall–Kier alpha value is -0.860. The summed E-state index contributed by atoms with van der Waals surface area (Å²) in [6, 6.07) is 8.19. The van der Waals surface area contributed by atoms with Crippen LogP contribution in [0.3, 0.4) is 0 Å². The van der Waals surface area contributed by atoms with Crippen LogP contribution in [-0.4, -0.2) is 12.2 Å². The van der Waals surface area contributed by atoms with Crippen molar-refractivity contribution in [2.24, 2.45) is 11.8 Å². The zero-order chi connectivity index (χ0) is 13.7. The van der Waals surface area contributed by atoms with Gasteiger partial charge in [-0.25, -0.2) is 0 Å². The molecule has 0 amide bonds. The Morgan fingerprint density at radius 3 is 2.63 bits per heavy atom. The zero-order valence-corrected chi connectivity index (χ0v) is 12.1. The molecule has 1 saturated carbocycles. The number of aliphatic hydroxyl groups is 1. The van der Waals surface area contributed by atoms with E-state index in [9.17, 15) is 5.11 Å². The second-order valence-electron chi connectivity index (χ2n) is 5.81. The smallest absolute Gasteiger partial charge is 0.0818 e. The monoisotopic (exact) mass is 262 g/mol. The van der Waals surface area contributed by atoms with Gasteiger partial charge in [-0.15, -0.1) is 0 Å². The lowest BCUT2D eigenvalue weighted by Crippen LogP contribution is -2.20. The molecule has 1 aliphatic rings. The van der Waals surface area contributed by atoms with Crippen LogP contribution in [0.2, 0.25) is 0 Å². The standard InChI is InChI=1S/C17H26O2/c1-3-13-7-9-15(10-8-13)17(18)16-6-4-5-14(11-16)12-19-2/h4-6,11,13,15,17-18H,3,7-10,12H2,1-2H3. The first-order chi connectivity index (χ1) is 9.24. The second-order valence-corrected chi connectivity index (χ2v) is 5.81. The summed E-state index contributed by atoms with van der Waals surface area (Å²) in [5.41, 5.74) is 2.19. The van der Waals surface area contributed by atoms with Crippen molar-refractivity contribution in [3.8, 4) is 0 Å². The lowest BCUT2D eigenvalue weighted by atomic mass is 9.77. The Bertz CT molecular complexity index is 381. The molecule has 0 radical (unpaired) electrons. The molecule has 1 unspecified atom stereocenters. The van der Waals surface area contributed by atoms with Crippen molar-refractivity contribution < 1.29 is 9.84 Å². The molecular formula is C17H26O2. The van der Waals surface area contributed by atoms with Crippen molar-refractivity contribution in [2.75, 3.05) is 7.11 Å². The van der Waals surface area contributed by atoms with Gasteiger partial charge < -0.3 is 9.84 Å². The molecule has 2 heteroatoms. The molecule has 1 aliphatic carbocycles. The maximum Gasteiger partial charge on any atom is 0.0818 e. The quantitative estimate of drug-likeness (QED) is 0.866. The summed E-state index contributed by atoms with van der Waals surface area (Å²) in [4.78, 5) is 0.